The number of aromatic nitrogens is 1. The van der Waals surface area contributed by atoms with Crippen molar-refractivity contribution in [1.29, 1.82) is 0 Å². The summed E-state index contributed by atoms with van der Waals surface area (Å²) in [5.74, 6) is 0. The van der Waals surface area contributed by atoms with Gasteiger partial charge in [0, 0.05) is 28.3 Å². The third-order valence-electron chi connectivity index (χ3n) is 2.12. The second-order valence-electron chi connectivity index (χ2n) is 3.25. The Balaban J connectivity index is 2.38. The number of fused-ring (bicyclic) bond motifs is 1. The predicted molar refractivity (Wildman–Crippen MR) is 68.3 cm³/mol. The molecule has 0 radical (unpaired) electrons. The molecule has 1 aromatic heterocycles. The van der Waals surface area contributed by atoms with Gasteiger partial charge in [-0.1, -0.05) is 40.7 Å². The summed E-state index contributed by atoms with van der Waals surface area (Å²) in [5, 5.41) is 4.43. The third kappa shape index (κ3) is 2.36. The zero-order valence-electron chi connectivity index (χ0n) is 8.20. The molecule has 0 unspecified atom stereocenters. The molecule has 1 N–H and O–H groups in total. The second-order valence-corrected chi connectivity index (χ2v) is 4.37. The fraction of sp³-hybridized carbons (Fsp3) is 0.0833. The first-order chi connectivity index (χ1) is 7.27. The number of anilines is 1. The van der Waals surface area contributed by atoms with Gasteiger partial charge in [0.1, 0.15) is 0 Å². The van der Waals surface area contributed by atoms with E-state index in [9.17, 15) is 0 Å². The van der Waals surface area contributed by atoms with Crippen molar-refractivity contribution >= 4 is 32.5 Å². The molecule has 0 saturated heterocycles. The van der Waals surface area contributed by atoms with Crippen LogP contribution in [0.4, 0.5) is 5.69 Å². The van der Waals surface area contributed by atoms with E-state index >= 15 is 0 Å². The van der Waals surface area contributed by atoms with E-state index < -0.39 is 0 Å². The van der Waals surface area contributed by atoms with Crippen molar-refractivity contribution in [1.82, 2.24) is 4.98 Å². The minimum Gasteiger partial charge on any atom is -0.380 e. The Kier molecular flexibility index (Phi) is 3.02. The molecular weight excluding hydrogens is 252 g/mol. The molecule has 1 aromatic carbocycles. The Morgan fingerprint density at radius 3 is 2.93 bits per heavy atom. The summed E-state index contributed by atoms with van der Waals surface area (Å²) in [4.78, 5) is 4.29. The summed E-state index contributed by atoms with van der Waals surface area (Å²) < 4.78 is 0.934. The van der Waals surface area contributed by atoms with Gasteiger partial charge in [-0.2, -0.15) is 0 Å². The highest BCUT2D eigenvalue weighted by molar-refractivity contribution is 9.11. The molecule has 0 aliphatic carbocycles. The fourth-order valence-electron chi connectivity index (χ4n) is 1.44. The lowest BCUT2D eigenvalue weighted by molar-refractivity contribution is 1.32. The molecule has 2 nitrogen and oxygen atoms in total. The van der Waals surface area contributed by atoms with Gasteiger partial charge in [-0.05, 0) is 12.1 Å². The van der Waals surface area contributed by atoms with Crippen LogP contribution in [0.1, 0.15) is 0 Å². The average molecular weight is 263 g/mol. The summed E-state index contributed by atoms with van der Waals surface area (Å²) in [7, 11) is 0. The van der Waals surface area contributed by atoms with Crippen LogP contribution < -0.4 is 5.32 Å². The van der Waals surface area contributed by atoms with E-state index in [1.807, 2.05) is 30.5 Å². The molecule has 76 valence electrons. The van der Waals surface area contributed by atoms with Crippen molar-refractivity contribution in [2.45, 2.75) is 0 Å². The number of hydrogen-bond acceptors (Lipinski definition) is 2. The van der Waals surface area contributed by atoms with Gasteiger partial charge in [0.15, 0.2) is 0 Å². The molecular formula is C12H11BrN2. The maximum absolute atomic E-state index is 4.29. The zero-order chi connectivity index (χ0) is 10.7. The van der Waals surface area contributed by atoms with Crippen LogP contribution >= 0.6 is 15.9 Å². The minimum absolute atomic E-state index is 0.716. The van der Waals surface area contributed by atoms with Gasteiger partial charge in [-0.15, -0.1) is 0 Å². The van der Waals surface area contributed by atoms with Crippen LogP contribution in [0.15, 0.2) is 47.6 Å². The van der Waals surface area contributed by atoms with Crippen LogP contribution in [0.5, 0.6) is 0 Å². The molecule has 2 aromatic rings. The molecule has 0 aliphatic heterocycles. The second kappa shape index (κ2) is 4.45. The standard InChI is InChI=1S/C12H11BrN2/c1-9(13)8-15-12-6-7-14-11-5-3-2-4-10(11)12/h2-7H,1,8H2,(H,14,15). The highest BCUT2D eigenvalue weighted by Gasteiger charge is 1.99. The summed E-state index contributed by atoms with van der Waals surface area (Å²) >= 11 is 3.32. The lowest BCUT2D eigenvalue weighted by atomic mass is 10.2. The predicted octanol–water partition coefficient (Wildman–Crippen LogP) is 3.56. The smallest absolute Gasteiger partial charge is 0.0722 e. The molecule has 2 rings (SSSR count). The van der Waals surface area contributed by atoms with Crippen LogP contribution in [0.2, 0.25) is 0 Å². The normalized spacial score (nSPS) is 10.2. The fourth-order valence-corrected chi connectivity index (χ4v) is 1.58. The number of nitrogens with one attached hydrogen (secondary N) is 1. The topological polar surface area (TPSA) is 24.9 Å². The number of pyridine rings is 1. The molecule has 15 heavy (non-hydrogen) atoms. The quantitative estimate of drug-likeness (QED) is 0.915. The monoisotopic (exact) mass is 262 g/mol. The van der Waals surface area contributed by atoms with Gasteiger partial charge in [0.2, 0.25) is 0 Å². The molecule has 1 heterocycles. The number of nitrogens with zero attached hydrogens (tertiary/aromatic N) is 1. The molecule has 0 amide bonds. The van der Waals surface area contributed by atoms with Gasteiger partial charge < -0.3 is 5.32 Å². The first-order valence-corrected chi connectivity index (χ1v) is 5.47. The Morgan fingerprint density at radius 2 is 2.13 bits per heavy atom. The minimum atomic E-state index is 0.716. The van der Waals surface area contributed by atoms with Crippen molar-refractivity contribution in [3.8, 4) is 0 Å². The summed E-state index contributed by atoms with van der Waals surface area (Å²) in [5.41, 5.74) is 2.09. The van der Waals surface area contributed by atoms with E-state index in [0.717, 1.165) is 21.1 Å². The third-order valence-corrected chi connectivity index (χ3v) is 2.40. The molecule has 0 saturated carbocycles. The van der Waals surface area contributed by atoms with Gasteiger partial charge >= 0.3 is 0 Å². The average Bonchev–Trinajstić information content (AvgIpc) is 2.26. The van der Waals surface area contributed by atoms with Crippen molar-refractivity contribution in [2.75, 3.05) is 11.9 Å². The van der Waals surface area contributed by atoms with Crippen molar-refractivity contribution < 1.29 is 0 Å². The van der Waals surface area contributed by atoms with Crippen LogP contribution in [0.25, 0.3) is 10.9 Å². The van der Waals surface area contributed by atoms with Gasteiger partial charge in [-0.3, -0.25) is 4.98 Å². The highest BCUT2D eigenvalue weighted by atomic mass is 79.9. The summed E-state index contributed by atoms with van der Waals surface area (Å²) in [6, 6.07) is 10.0. The Hall–Kier alpha value is -1.35. The Morgan fingerprint density at radius 1 is 1.33 bits per heavy atom. The number of hydrogen-bond donors (Lipinski definition) is 1. The lowest BCUT2D eigenvalue weighted by Gasteiger charge is -2.07. The summed E-state index contributed by atoms with van der Waals surface area (Å²) in [6.07, 6.45) is 1.81. The molecule has 0 atom stereocenters. The number of para-hydroxylation sites is 1. The Labute approximate surface area is 97.2 Å². The van der Waals surface area contributed by atoms with Crippen molar-refractivity contribution in [3.63, 3.8) is 0 Å². The molecule has 0 bridgehead atoms. The molecule has 0 fully saturated rings. The van der Waals surface area contributed by atoms with E-state index in [1.165, 1.54) is 0 Å². The van der Waals surface area contributed by atoms with Crippen LogP contribution in [-0.2, 0) is 0 Å². The number of rotatable bonds is 3. The molecule has 0 aliphatic rings. The SMILES string of the molecule is C=C(Br)CNc1ccnc2ccccc12. The van der Waals surface area contributed by atoms with E-state index in [1.54, 1.807) is 0 Å². The van der Waals surface area contributed by atoms with Gasteiger partial charge in [0.25, 0.3) is 0 Å². The number of halogens is 1. The van der Waals surface area contributed by atoms with E-state index in [2.05, 4.69) is 38.9 Å². The van der Waals surface area contributed by atoms with Gasteiger partial charge in [-0.25, -0.2) is 0 Å². The Bertz CT molecular complexity index is 488. The van der Waals surface area contributed by atoms with Gasteiger partial charge in [0.05, 0.1) is 5.52 Å². The van der Waals surface area contributed by atoms with Crippen molar-refractivity contribution in [2.24, 2.45) is 0 Å². The highest BCUT2D eigenvalue weighted by Crippen LogP contribution is 2.21. The van der Waals surface area contributed by atoms with E-state index in [0.29, 0.717) is 6.54 Å². The summed E-state index contributed by atoms with van der Waals surface area (Å²) in [6.45, 7) is 4.51. The van der Waals surface area contributed by atoms with Crippen LogP contribution in [-0.4, -0.2) is 11.5 Å². The first kappa shape index (κ1) is 10.2. The van der Waals surface area contributed by atoms with Crippen LogP contribution in [0.3, 0.4) is 0 Å². The molecule has 0 spiro atoms. The van der Waals surface area contributed by atoms with Crippen molar-refractivity contribution in [3.05, 3.63) is 47.6 Å². The zero-order valence-corrected chi connectivity index (χ0v) is 9.79. The first-order valence-electron chi connectivity index (χ1n) is 4.68. The van der Waals surface area contributed by atoms with E-state index in [4.69, 9.17) is 0 Å². The largest absolute Gasteiger partial charge is 0.380 e. The lowest BCUT2D eigenvalue weighted by Crippen LogP contribution is -2.01. The number of benzene rings is 1. The molecule has 3 heteroatoms. The maximum Gasteiger partial charge on any atom is 0.0722 e. The van der Waals surface area contributed by atoms with E-state index in [-0.39, 0.29) is 0 Å². The van der Waals surface area contributed by atoms with Crippen LogP contribution in [0, 0.1) is 0 Å². The maximum atomic E-state index is 4.29.